The zero-order chi connectivity index (χ0) is 62.8. The van der Waals surface area contributed by atoms with E-state index in [1.807, 2.05) is 55.4 Å². The van der Waals surface area contributed by atoms with Crippen LogP contribution in [0.25, 0.3) is 110 Å². The monoisotopic (exact) mass is 1380 g/mol. The van der Waals surface area contributed by atoms with Gasteiger partial charge in [0.15, 0.2) is 11.4 Å². The van der Waals surface area contributed by atoms with Crippen LogP contribution in [0.2, 0.25) is 0 Å². The molecule has 16 heteroatoms. The first kappa shape index (κ1) is 63.6. The zero-order valence-electron chi connectivity index (χ0n) is 47.4. The van der Waals surface area contributed by atoms with Crippen LogP contribution in [0.3, 0.4) is 0 Å². The minimum atomic E-state index is -0.929. The van der Waals surface area contributed by atoms with Gasteiger partial charge in [-0.15, -0.1) is 47.5 Å². The second kappa shape index (κ2) is 30.7. The Balaban J connectivity index is 0.000000164. The molecule has 9 nitrogen and oxygen atoms in total. The molecule has 0 fully saturated rings. The van der Waals surface area contributed by atoms with E-state index in [9.17, 15) is 26.3 Å². The van der Waals surface area contributed by atoms with E-state index in [1.165, 1.54) is 24.7 Å². The second-order valence-corrected chi connectivity index (χ2v) is 19.3. The van der Waals surface area contributed by atoms with Gasteiger partial charge in [0.25, 0.3) is 0 Å². The molecule has 13 rings (SSSR count). The van der Waals surface area contributed by atoms with Crippen LogP contribution in [-0.4, -0.2) is 29.9 Å². The second-order valence-electron chi connectivity index (χ2n) is 19.3. The molecule has 0 unspecified atom stereocenters. The van der Waals surface area contributed by atoms with Gasteiger partial charge >= 0.3 is 20.1 Å². The Hall–Kier alpha value is -11.9. The predicted molar refractivity (Wildman–Crippen MR) is 335 cm³/mol. The van der Waals surface area contributed by atoms with E-state index in [-0.39, 0.29) is 36.8 Å². The van der Waals surface area contributed by atoms with Crippen LogP contribution in [0.1, 0.15) is 5.56 Å². The predicted octanol–water partition coefficient (Wildman–Crippen LogP) is 19.3. The Morgan fingerprint density at radius 2 is 0.637 bits per heavy atom. The van der Waals surface area contributed by atoms with Crippen molar-refractivity contribution in [3.8, 4) is 107 Å². The van der Waals surface area contributed by atoms with Gasteiger partial charge in [-0.3, -0.25) is 51.0 Å². The number of aromatic nitrogens is 6. The Bertz CT molecular complexity index is 4270. The molecule has 0 aliphatic rings. The minimum absolute atomic E-state index is 0. The van der Waals surface area contributed by atoms with Crippen molar-refractivity contribution < 1.29 is 46.4 Å². The number of rotatable bonds is 9. The van der Waals surface area contributed by atoms with E-state index in [0.29, 0.717) is 17.1 Å². The molecule has 13 aromatic rings. The van der Waals surface area contributed by atoms with Crippen LogP contribution in [-0.2, 0) is 20.1 Å². The molecule has 7 aromatic carbocycles. The van der Waals surface area contributed by atoms with Crippen molar-refractivity contribution >= 4 is 11.4 Å². The topological polar surface area (TPSA) is 110 Å². The van der Waals surface area contributed by atoms with E-state index >= 15 is 0 Å². The van der Waals surface area contributed by atoms with Gasteiger partial charge in [0.1, 0.15) is 0 Å². The van der Waals surface area contributed by atoms with Crippen LogP contribution >= 0.6 is 0 Å². The zero-order valence-corrected chi connectivity index (χ0v) is 49.8. The fraction of sp³-hybridized carbons (Fsp3) is 0. The Labute approximate surface area is 534 Å². The molecule has 0 aliphatic heterocycles. The first-order chi connectivity index (χ1) is 44.0. The molecule has 0 saturated carbocycles. The summed E-state index contributed by atoms with van der Waals surface area (Å²) in [6.45, 7) is 13.4. The summed E-state index contributed by atoms with van der Waals surface area (Å²) in [5.41, 5.74) is 12.8. The van der Waals surface area contributed by atoms with Crippen molar-refractivity contribution in [2.24, 2.45) is 0 Å². The first-order valence-electron chi connectivity index (χ1n) is 27.3. The van der Waals surface area contributed by atoms with Gasteiger partial charge in [-0.1, -0.05) is 115 Å². The number of pyridine rings is 6. The van der Waals surface area contributed by atoms with Crippen LogP contribution < -0.4 is 0 Å². The Morgan fingerprint density at radius 1 is 0.341 bits per heavy atom. The Kier molecular flexibility index (Phi) is 21.4. The number of hydrogen-bond donors (Lipinski definition) is 0. The average Bonchev–Trinajstić information content (AvgIpc) is 2.31. The molecule has 0 spiro atoms. The van der Waals surface area contributed by atoms with Gasteiger partial charge in [-0.25, -0.2) is 0 Å². The molecule has 0 amide bonds. The molecule has 0 bridgehead atoms. The third-order valence-corrected chi connectivity index (χ3v) is 13.6. The molecule has 0 aliphatic carbocycles. The van der Waals surface area contributed by atoms with E-state index in [1.54, 1.807) is 54.6 Å². The van der Waals surface area contributed by atoms with Crippen LogP contribution in [0.4, 0.5) is 37.7 Å². The van der Waals surface area contributed by atoms with E-state index in [0.717, 1.165) is 85.0 Å². The van der Waals surface area contributed by atoms with Crippen LogP contribution in [0, 0.1) is 77.6 Å². The summed E-state index contributed by atoms with van der Waals surface area (Å²) in [6, 6.07) is 71.6. The number of hydrogen-bond acceptors (Lipinski definition) is 7. The molecule has 6 aromatic heterocycles. The average molecular weight is 1380 g/mol. The molecule has 6 heterocycles. The van der Waals surface area contributed by atoms with Crippen molar-refractivity contribution in [2.45, 2.75) is 0 Å². The third kappa shape index (κ3) is 15.5. The maximum absolute atomic E-state index is 13.7. The molecule has 0 radical (unpaired) electrons. The van der Waals surface area contributed by atoms with Gasteiger partial charge in [-0.05, 0) is 140 Å². The van der Waals surface area contributed by atoms with Crippen molar-refractivity contribution in [1.29, 1.82) is 5.26 Å². The molecule has 0 N–H and O–H groups in total. The summed E-state index contributed by atoms with van der Waals surface area (Å²) in [6.07, 6.45) is 15.6. The molecular formula is C75H42F6IrN9. The summed E-state index contributed by atoms with van der Waals surface area (Å²) in [4.78, 5) is 30.4. The van der Waals surface area contributed by atoms with Crippen molar-refractivity contribution in [2.75, 3.05) is 0 Å². The standard InChI is InChI=1S/C39H27N3.3C12H5F2N2.Ir/c1-7-28(34-13-4-16-40-25-34)19-31(10-1)37-22-38(32-11-2-8-29(20-32)35-14-5-17-41-26-35)24-39(23-37)33-12-3-9-30(21-33)36-15-6-18-42-27-36;2*1-15-12-9(13)6-5-8(11(12)14)10-4-2-3-7-16-10;13-10-5-4-8(12(14)9(10)7-15)11-3-1-2-6-16-11;/h1-27H;2*2-4,6-7H;1-3,5-6H;/q;3*-1;+3. The number of nitrogens with zero attached hydrogens (tertiary/aromatic N) is 9. The summed E-state index contributed by atoms with van der Waals surface area (Å²) in [7, 11) is 0. The van der Waals surface area contributed by atoms with Crippen molar-refractivity contribution in [3.63, 3.8) is 0 Å². The molecule has 0 atom stereocenters. The Morgan fingerprint density at radius 3 is 0.923 bits per heavy atom. The summed E-state index contributed by atoms with van der Waals surface area (Å²) < 4.78 is 80.2. The quantitative estimate of drug-likeness (QED) is 0.105. The van der Waals surface area contributed by atoms with Gasteiger partial charge in [-0.2, -0.15) is 5.26 Å². The fourth-order valence-electron chi connectivity index (χ4n) is 9.24. The number of nitriles is 1. The van der Waals surface area contributed by atoms with Gasteiger partial charge in [0.05, 0.1) is 30.8 Å². The maximum atomic E-state index is 13.7. The summed E-state index contributed by atoms with van der Waals surface area (Å²) in [5, 5.41) is 8.61. The van der Waals surface area contributed by atoms with Crippen molar-refractivity contribution in [3.05, 3.63) is 337 Å². The van der Waals surface area contributed by atoms with Crippen LogP contribution in [0.5, 0.6) is 0 Å². The molecular weight excluding hydrogens is 1330 g/mol. The van der Waals surface area contributed by atoms with E-state index < -0.39 is 51.8 Å². The normalized spacial score (nSPS) is 10.2. The SMILES string of the molecule is N#Cc1c(F)c[c-]c(-c2ccccn2)c1F.[C-]#[N+]c1c(F)c[c-]c(-c2ccccn2)c1F.[C-]#[N+]c1c(F)c[c-]c(-c2ccccn2)c1F.[Ir+3].c1cncc(-c2cccc(-c3cc(-c4cccc(-c5cccnc5)c4)cc(-c4cccc(-c5cccnc5)c4)c3)c2)c1. The fourth-order valence-corrected chi connectivity index (χ4v) is 9.24. The van der Waals surface area contributed by atoms with Crippen molar-refractivity contribution in [1.82, 2.24) is 29.9 Å². The molecule has 91 heavy (non-hydrogen) atoms. The van der Waals surface area contributed by atoms with Gasteiger partial charge in [0.2, 0.25) is 0 Å². The smallest absolute Gasteiger partial charge is 0.305 e. The first-order valence-corrected chi connectivity index (χ1v) is 27.3. The van der Waals surface area contributed by atoms with E-state index in [2.05, 4.69) is 167 Å². The largest absolute Gasteiger partial charge is 3.00 e. The summed E-state index contributed by atoms with van der Waals surface area (Å²) in [5.74, 6) is -5.51. The number of halogens is 6. The third-order valence-electron chi connectivity index (χ3n) is 13.6. The van der Waals surface area contributed by atoms with Crippen LogP contribution in [0.15, 0.2) is 256 Å². The molecule has 0 saturated heterocycles. The minimum Gasteiger partial charge on any atom is -0.305 e. The van der Waals surface area contributed by atoms with E-state index in [4.69, 9.17) is 18.4 Å². The summed E-state index contributed by atoms with van der Waals surface area (Å²) >= 11 is 0. The molecule has 438 valence electrons. The van der Waals surface area contributed by atoms with Gasteiger partial charge in [0, 0.05) is 101 Å². The number of benzene rings is 7. The van der Waals surface area contributed by atoms with Gasteiger partial charge < -0.3 is 15.0 Å². The maximum Gasteiger partial charge on any atom is 3.00 e.